The van der Waals surface area contributed by atoms with Crippen LogP contribution in [0.15, 0.2) is 24.3 Å². The topological polar surface area (TPSA) is 66.8 Å². The molecule has 0 aromatic heterocycles. The molecule has 0 aliphatic carbocycles. The molecule has 0 unspecified atom stereocenters. The van der Waals surface area contributed by atoms with Crippen molar-refractivity contribution in [2.45, 2.75) is 0 Å². The molecular formula is C10H13Cl2NO4. The minimum absolute atomic E-state index is 0. The first-order chi connectivity index (χ1) is 7.51. The molecule has 96 valence electrons. The molecule has 5 nitrogen and oxygen atoms in total. The second-order valence-electron chi connectivity index (χ2n) is 2.96. The number of nitrogens with zero attached hydrogens (tertiary/aromatic N) is 1. The van der Waals surface area contributed by atoms with Gasteiger partial charge in [-0.1, -0.05) is 17.7 Å². The SMILES string of the molecule is CN(C)C=O.Cl.O=C(OO)c1cccc(Cl)c1. The van der Waals surface area contributed by atoms with Crippen molar-refractivity contribution in [3.63, 3.8) is 0 Å². The third-order valence-corrected chi connectivity index (χ3v) is 1.59. The summed E-state index contributed by atoms with van der Waals surface area (Å²) in [6, 6.07) is 6.11. The molecule has 17 heavy (non-hydrogen) atoms. The number of carbonyl (C=O) groups is 2. The number of rotatable bonds is 2. The Balaban J connectivity index is 0. The molecule has 0 heterocycles. The number of amides is 1. The highest BCUT2D eigenvalue weighted by atomic mass is 35.5. The molecule has 0 atom stereocenters. The molecule has 1 aromatic rings. The van der Waals surface area contributed by atoms with Crippen LogP contribution >= 0.6 is 24.0 Å². The van der Waals surface area contributed by atoms with Crippen LogP contribution in [-0.2, 0) is 9.68 Å². The smallest absolute Gasteiger partial charge is 0.351 e. The van der Waals surface area contributed by atoms with Crippen LogP contribution in [0.4, 0.5) is 0 Å². The molecule has 1 rings (SSSR count). The van der Waals surface area contributed by atoms with Gasteiger partial charge in [0.1, 0.15) is 0 Å². The van der Waals surface area contributed by atoms with E-state index in [0.717, 1.165) is 6.41 Å². The zero-order valence-electron chi connectivity index (χ0n) is 9.29. The highest BCUT2D eigenvalue weighted by Crippen LogP contribution is 2.10. The second-order valence-corrected chi connectivity index (χ2v) is 3.39. The van der Waals surface area contributed by atoms with E-state index in [9.17, 15) is 9.59 Å². The summed E-state index contributed by atoms with van der Waals surface area (Å²) in [5, 5.41) is 8.41. The molecule has 0 aliphatic heterocycles. The summed E-state index contributed by atoms with van der Waals surface area (Å²) in [5.74, 6) is -0.813. The Morgan fingerprint density at radius 2 is 2.00 bits per heavy atom. The van der Waals surface area contributed by atoms with E-state index < -0.39 is 5.97 Å². The summed E-state index contributed by atoms with van der Waals surface area (Å²) in [4.78, 5) is 25.0. The lowest BCUT2D eigenvalue weighted by Crippen LogP contribution is -2.06. The summed E-state index contributed by atoms with van der Waals surface area (Å²) >= 11 is 5.56. The first-order valence-electron chi connectivity index (χ1n) is 4.24. The van der Waals surface area contributed by atoms with Crippen molar-refractivity contribution in [2.75, 3.05) is 14.1 Å². The van der Waals surface area contributed by atoms with Crippen molar-refractivity contribution in [1.82, 2.24) is 4.90 Å². The van der Waals surface area contributed by atoms with Crippen molar-refractivity contribution >= 4 is 36.4 Å². The number of benzene rings is 1. The van der Waals surface area contributed by atoms with Crippen molar-refractivity contribution in [3.05, 3.63) is 34.9 Å². The normalized spacial score (nSPS) is 8.00. The minimum atomic E-state index is -0.813. The van der Waals surface area contributed by atoms with Crippen molar-refractivity contribution < 1.29 is 19.7 Å². The van der Waals surface area contributed by atoms with Crippen molar-refractivity contribution in [3.8, 4) is 0 Å². The van der Waals surface area contributed by atoms with Crippen LogP contribution in [0.1, 0.15) is 10.4 Å². The fourth-order valence-electron chi connectivity index (χ4n) is 0.668. The van der Waals surface area contributed by atoms with E-state index >= 15 is 0 Å². The Morgan fingerprint density at radius 3 is 2.35 bits per heavy atom. The van der Waals surface area contributed by atoms with E-state index in [0.29, 0.717) is 5.02 Å². The maximum absolute atomic E-state index is 10.6. The van der Waals surface area contributed by atoms with E-state index in [2.05, 4.69) is 4.89 Å². The third-order valence-electron chi connectivity index (χ3n) is 1.35. The quantitative estimate of drug-likeness (QED) is 0.512. The summed E-state index contributed by atoms with van der Waals surface area (Å²) < 4.78 is 0. The molecule has 1 aromatic carbocycles. The Morgan fingerprint density at radius 1 is 1.47 bits per heavy atom. The second kappa shape index (κ2) is 9.89. The fraction of sp³-hybridized carbons (Fsp3) is 0.200. The van der Waals surface area contributed by atoms with Gasteiger partial charge in [-0.3, -0.25) is 9.68 Å². The van der Waals surface area contributed by atoms with Gasteiger partial charge in [-0.2, -0.15) is 5.26 Å². The molecule has 0 aliphatic rings. The van der Waals surface area contributed by atoms with Gasteiger partial charge in [0.25, 0.3) is 0 Å². The van der Waals surface area contributed by atoms with Crippen LogP contribution in [0.2, 0.25) is 5.02 Å². The monoisotopic (exact) mass is 281 g/mol. The van der Waals surface area contributed by atoms with Crippen LogP contribution in [0.3, 0.4) is 0 Å². The summed E-state index contributed by atoms with van der Waals surface area (Å²) in [7, 11) is 3.38. The molecule has 0 saturated heterocycles. The van der Waals surface area contributed by atoms with Gasteiger partial charge in [-0.25, -0.2) is 4.79 Å². The van der Waals surface area contributed by atoms with Gasteiger partial charge in [0.15, 0.2) is 0 Å². The van der Waals surface area contributed by atoms with Crippen molar-refractivity contribution in [1.29, 1.82) is 0 Å². The third kappa shape index (κ3) is 8.50. The van der Waals surface area contributed by atoms with E-state index in [-0.39, 0.29) is 18.0 Å². The number of hydrogen-bond acceptors (Lipinski definition) is 4. The van der Waals surface area contributed by atoms with E-state index in [1.807, 2.05) is 0 Å². The lowest BCUT2D eigenvalue weighted by molar-refractivity contribution is -0.182. The van der Waals surface area contributed by atoms with Gasteiger partial charge in [0, 0.05) is 19.1 Å². The van der Waals surface area contributed by atoms with Crippen LogP contribution in [0, 0.1) is 0 Å². The molecule has 7 heteroatoms. The highest BCUT2D eigenvalue weighted by molar-refractivity contribution is 6.30. The maximum Gasteiger partial charge on any atom is 0.372 e. The molecule has 1 amide bonds. The lowest BCUT2D eigenvalue weighted by Gasteiger charge is -1.95. The fourth-order valence-corrected chi connectivity index (χ4v) is 0.858. The van der Waals surface area contributed by atoms with Crippen LogP contribution in [-0.4, -0.2) is 36.6 Å². The first-order valence-corrected chi connectivity index (χ1v) is 4.62. The Hall–Kier alpha value is -1.30. The molecule has 0 bridgehead atoms. The van der Waals surface area contributed by atoms with E-state index in [1.54, 1.807) is 26.2 Å². The number of halogens is 2. The summed E-state index contributed by atoms with van der Waals surface area (Å²) in [6.45, 7) is 0. The van der Waals surface area contributed by atoms with E-state index in [1.165, 1.54) is 17.0 Å². The Kier molecular flexibility index (Phi) is 10.5. The molecular weight excluding hydrogens is 269 g/mol. The number of carbonyl (C=O) groups excluding carboxylic acids is 2. The maximum atomic E-state index is 10.6. The molecule has 0 radical (unpaired) electrons. The Labute approximate surface area is 110 Å². The molecule has 0 spiro atoms. The predicted octanol–water partition coefficient (Wildman–Crippen LogP) is 2.10. The minimum Gasteiger partial charge on any atom is -0.351 e. The van der Waals surface area contributed by atoms with Crippen LogP contribution < -0.4 is 0 Å². The van der Waals surface area contributed by atoms with Gasteiger partial charge >= 0.3 is 5.97 Å². The molecule has 0 saturated carbocycles. The highest BCUT2D eigenvalue weighted by Gasteiger charge is 2.05. The van der Waals surface area contributed by atoms with Crippen LogP contribution in [0.25, 0.3) is 0 Å². The Bertz CT molecular complexity index is 358. The molecule has 1 N–H and O–H groups in total. The average Bonchev–Trinajstić information content (AvgIpc) is 2.28. The zero-order chi connectivity index (χ0) is 12.6. The predicted molar refractivity (Wildman–Crippen MR) is 66.5 cm³/mol. The zero-order valence-corrected chi connectivity index (χ0v) is 10.9. The summed E-state index contributed by atoms with van der Waals surface area (Å²) in [5.41, 5.74) is 0.222. The first kappa shape index (κ1) is 18.1. The van der Waals surface area contributed by atoms with Gasteiger partial charge in [0.2, 0.25) is 6.41 Å². The van der Waals surface area contributed by atoms with Gasteiger partial charge in [-0.15, -0.1) is 12.4 Å². The lowest BCUT2D eigenvalue weighted by atomic mass is 10.2. The number of hydrogen-bond donors (Lipinski definition) is 1. The largest absolute Gasteiger partial charge is 0.372 e. The standard InChI is InChI=1S/C7H5ClO3.C3H7NO.ClH/c8-6-3-1-2-5(4-6)7(9)11-10;1-4(2)3-5;/h1-4,10H;3H,1-2H3;1H. The van der Waals surface area contributed by atoms with Crippen LogP contribution in [0.5, 0.6) is 0 Å². The average molecular weight is 282 g/mol. The summed E-state index contributed by atoms with van der Waals surface area (Å²) in [6.07, 6.45) is 0.750. The van der Waals surface area contributed by atoms with Gasteiger partial charge in [0.05, 0.1) is 5.56 Å². The van der Waals surface area contributed by atoms with Gasteiger partial charge in [-0.05, 0) is 18.2 Å². The van der Waals surface area contributed by atoms with E-state index in [4.69, 9.17) is 16.9 Å². The van der Waals surface area contributed by atoms with Gasteiger partial charge < -0.3 is 4.90 Å². The molecule has 0 fully saturated rings. The van der Waals surface area contributed by atoms with Crippen molar-refractivity contribution in [2.24, 2.45) is 0 Å².